The number of thiazole rings is 1. The predicted molar refractivity (Wildman–Crippen MR) is 173 cm³/mol. The molecule has 6 rings (SSSR count). The fourth-order valence-electron chi connectivity index (χ4n) is 5.87. The van der Waals surface area contributed by atoms with Gasteiger partial charge >= 0.3 is 5.97 Å². The zero-order valence-corrected chi connectivity index (χ0v) is 26.1. The van der Waals surface area contributed by atoms with Crippen molar-refractivity contribution >= 4 is 40.1 Å². The first-order valence-electron chi connectivity index (χ1n) is 14.6. The van der Waals surface area contributed by atoms with E-state index in [1.807, 2.05) is 50.2 Å². The number of rotatable bonds is 8. The number of ether oxygens (including phenoxy) is 1. The van der Waals surface area contributed by atoms with Crippen LogP contribution in [-0.4, -0.2) is 46.6 Å². The molecule has 0 radical (unpaired) electrons. The van der Waals surface area contributed by atoms with Gasteiger partial charge in [0.2, 0.25) is 0 Å². The monoisotopic (exact) mass is 621 g/mol. The fraction of sp³-hybridized carbons (Fsp3) is 0.200. The van der Waals surface area contributed by atoms with Gasteiger partial charge in [-0.1, -0.05) is 59.9 Å². The minimum Gasteiger partial charge on any atom is -0.496 e. The third-order valence-electron chi connectivity index (χ3n) is 8.05. The molecule has 0 unspecified atom stereocenters. The molecule has 0 bridgehead atoms. The molecule has 3 heterocycles. The minimum atomic E-state index is -1.06. The molecule has 1 aliphatic rings. The van der Waals surface area contributed by atoms with Gasteiger partial charge in [-0.3, -0.25) is 14.2 Å². The molecule has 9 nitrogen and oxygen atoms in total. The molecule has 1 amide bonds. The topological polar surface area (TPSA) is 114 Å². The second-order valence-electron chi connectivity index (χ2n) is 10.5. The number of likely N-dealkylation sites (N-methyl/N-ethyl adjacent to an activating group) is 1. The molecule has 2 aromatic heterocycles. The average Bonchev–Trinajstić information content (AvgIpc) is 3.64. The molecule has 5 aromatic rings. The van der Waals surface area contributed by atoms with Crippen LogP contribution < -0.4 is 19.6 Å². The standard InChI is InChI=1S/C35H31N3O6S/c1-5-37(6-2)33(40)29-20(3)36-35-38(31(29)30-23-12-8-7-11-21(23)15-17-27(30)43-4)32(39)28(45-35)19-22-16-18-26(44-22)24-13-9-10-14-25(24)34(41)42/h7-19,31H,5-6H2,1-4H3,(H,41,42)/b28-19+/t31-/m1/s1. The zero-order valence-electron chi connectivity index (χ0n) is 25.2. The van der Waals surface area contributed by atoms with Crippen LogP contribution >= 0.6 is 11.3 Å². The first-order valence-corrected chi connectivity index (χ1v) is 15.4. The summed E-state index contributed by atoms with van der Waals surface area (Å²) in [6.45, 7) is 6.65. The van der Waals surface area contributed by atoms with Gasteiger partial charge in [0.05, 0.1) is 28.5 Å². The van der Waals surface area contributed by atoms with Gasteiger partial charge in [0.15, 0.2) is 4.80 Å². The van der Waals surface area contributed by atoms with Crippen LogP contribution in [0.2, 0.25) is 0 Å². The summed E-state index contributed by atoms with van der Waals surface area (Å²) in [6, 6.07) is 20.8. The Bertz CT molecular complexity index is 2180. The number of amides is 1. The van der Waals surface area contributed by atoms with Crippen LogP contribution in [0.25, 0.3) is 28.2 Å². The van der Waals surface area contributed by atoms with Crippen LogP contribution in [0.1, 0.15) is 48.5 Å². The molecule has 1 aliphatic heterocycles. The van der Waals surface area contributed by atoms with Crippen LogP contribution in [0, 0.1) is 0 Å². The summed E-state index contributed by atoms with van der Waals surface area (Å²) in [5.41, 5.74) is 1.87. The van der Waals surface area contributed by atoms with Crippen LogP contribution in [-0.2, 0) is 4.79 Å². The number of carbonyl (C=O) groups excluding carboxylic acids is 1. The number of allylic oxidation sites excluding steroid dienone is 1. The van der Waals surface area contributed by atoms with Crippen molar-refractivity contribution in [1.82, 2.24) is 9.47 Å². The minimum absolute atomic E-state index is 0.114. The molecule has 0 saturated carbocycles. The summed E-state index contributed by atoms with van der Waals surface area (Å²) >= 11 is 1.20. The van der Waals surface area contributed by atoms with Crippen molar-refractivity contribution in [2.24, 2.45) is 4.99 Å². The number of furan rings is 1. The normalized spacial score (nSPS) is 14.8. The molecule has 0 fully saturated rings. The summed E-state index contributed by atoms with van der Waals surface area (Å²) in [5.74, 6) is 0.0493. The largest absolute Gasteiger partial charge is 0.496 e. The van der Waals surface area contributed by atoms with Gasteiger partial charge in [0.1, 0.15) is 23.3 Å². The van der Waals surface area contributed by atoms with Crippen molar-refractivity contribution in [3.8, 4) is 17.1 Å². The second kappa shape index (κ2) is 12.0. The maximum absolute atomic E-state index is 14.3. The van der Waals surface area contributed by atoms with Crippen LogP contribution in [0.15, 0.2) is 98.3 Å². The van der Waals surface area contributed by atoms with Crippen molar-refractivity contribution < 1.29 is 23.8 Å². The van der Waals surface area contributed by atoms with E-state index < -0.39 is 12.0 Å². The molecule has 1 N–H and O–H groups in total. The van der Waals surface area contributed by atoms with Crippen molar-refractivity contribution in [3.63, 3.8) is 0 Å². The number of carbonyl (C=O) groups is 2. The number of carboxylic acid groups (broad SMARTS) is 1. The van der Waals surface area contributed by atoms with Gasteiger partial charge in [-0.05, 0) is 55.8 Å². The lowest BCUT2D eigenvalue weighted by molar-refractivity contribution is -0.127. The van der Waals surface area contributed by atoms with E-state index in [0.29, 0.717) is 62.1 Å². The number of hydrogen-bond donors (Lipinski definition) is 1. The molecular formula is C35H31N3O6S. The summed E-state index contributed by atoms with van der Waals surface area (Å²) in [4.78, 5) is 47.1. The molecular weight excluding hydrogens is 590 g/mol. The zero-order chi connectivity index (χ0) is 31.8. The lowest BCUT2D eigenvalue weighted by Crippen LogP contribution is -2.43. The van der Waals surface area contributed by atoms with Gasteiger partial charge < -0.3 is 19.2 Å². The molecule has 0 aliphatic carbocycles. The predicted octanol–water partition coefficient (Wildman–Crippen LogP) is 5.22. The number of methoxy groups -OCH3 is 1. The van der Waals surface area contributed by atoms with Gasteiger partial charge in [-0.15, -0.1) is 0 Å². The molecule has 3 aromatic carbocycles. The average molecular weight is 622 g/mol. The highest BCUT2D eigenvalue weighted by Crippen LogP contribution is 2.40. The SMILES string of the molecule is CCN(CC)C(=O)C1=C(C)N=c2s/c(=C/c3ccc(-c4ccccc4C(=O)O)o3)c(=O)n2[C@H]1c1c(OC)ccc2ccccc12. The van der Waals surface area contributed by atoms with Crippen molar-refractivity contribution in [3.05, 3.63) is 121 Å². The van der Waals surface area contributed by atoms with E-state index in [1.54, 1.807) is 59.9 Å². The summed E-state index contributed by atoms with van der Waals surface area (Å²) in [6.07, 6.45) is 1.62. The highest BCUT2D eigenvalue weighted by atomic mass is 32.1. The second-order valence-corrected chi connectivity index (χ2v) is 11.5. The lowest BCUT2D eigenvalue weighted by atomic mass is 9.90. The maximum atomic E-state index is 14.3. The van der Waals surface area contributed by atoms with Crippen LogP contribution in [0.4, 0.5) is 0 Å². The number of fused-ring (bicyclic) bond motifs is 2. The Balaban J connectivity index is 1.58. The van der Waals surface area contributed by atoms with E-state index >= 15 is 0 Å². The van der Waals surface area contributed by atoms with Crippen LogP contribution in [0.5, 0.6) is 5.75 Å². The van der Waals surface area contributed by atoms with Crippen LogP contribution in [0.3, 0.4) is 0 Å². The summed E-state index contributed by atoms with van der Waals surface area (Å²) in [5, 5.41) is 11.4. The van der Waals surface area contributed by atoms with Crippen molar-refractivity contribution in [1.29, 1.82) is 0 Å². The van der Waals surface area contributed by atoms with E-state index in [2.05, 4.69) is 0 Å². The van der Waals surface area contributed by atoms with Gasteiger partial charge in [-0.25, -0.2) is 9.79 Å². The lowest BCUT2D eigenvalue weighted by Gasteiger charge is -2.30. The maximum Gasteiger partial charge on any atom is 0.336 e. The fourth-order valence-corrected chi connectivity index (χ4v) is 6.90. The Kier molecular flexibility index (Phi) is 7.99. The van der Waals surface area contributed by atoms with E-state index in [0.717, 1.165) is 10.8 Å². The highest BCUT2D eigenvalue weighted by Gasteiger charge is 2.36. The molecule has 10 heteroatoms. The first-order chi connectivity index (χ1) is 21.8. The Morgan fingerprint density at radius 1 is 1.04 bits per heavy atom. The molecule has 1 atom stereocenters. The Labute approximate surface area is 262 Å². The quantitative estimate of drug-likeness (QED) is 0.254. The van der Waals surface area contributed by atoms with Crippen molar-refractivity contribution in [2.45, 2.75) is 26.8 Å². The number of hydrogen-bond acceptors (Lipinski definition) is 7. The third-order valence-corrected chi connectivity index (χ3v) is 9.03. The Morgan fingerprint density at radius 3 is 2.51 bits per heavy atom. The number of carboxylic acids is 1. The molecule has 45 heavy (non-hydrogen) atoms. The van der Waals surface area contributed by atoms with Gasteiger partial charge in [-0.2, -0.15) is 0 Å². The van der Waals surface area contributed by atoms with E-state index in [4.69, 9.17) is 14.1 Å². The van der Waals surface area contributed by atoms with Gasteiger partial charge in [0.25, 0.3) is 11.5 Å². The summed E-state index contributed by atoms with van der Waals surface area (Å²) in [7, 11) is 1.58. The van der Waals surface area contributed by atoms with E-state index in [1.165, 1.54) is 17.4 Å². The smallest absolute Gasteiger partial charge is 0.336 e. The molecule has 0 spiro atoms. The number of benzene rings is 3. The number of nitrogens with zero attached hydrogens (tertiary/aromatic N) is 3. The Morgan fingerprint density at radius 2 is 1.78 bits per heavy atom. The van der Waals surface area contributed by atoms with Crippen molar-refractivity contribution in [2.75, 3.05) is 20.2 Å². The number of aromatic nitrogens is 1. The molecule has 0 saturated heterocycles. The van der Waals surface area contributed by atoms with Gasteiger partial charge in [0, 0.05) is 30.3 Å². The van der Waals surface area contributed by atoms with E-state index in [9.17, 15) is 19.5 Å². The molecule has 228 valence electrons. The Hall–Kier alpha value is -5.22. The first kappa shape index (κ1) is 29.8. The third kappa shape index (κ3) is 5.17. The van der Waals surface area contributed by atoms with E-state index in [-0.39, 0.29) is 17.0 Å². The highest BCUT2D eigenvalue weighted by molar-refractivity contribution is 7.07. The summed E-state index contributed by atoms with van der Waals surface area (Å²) < 4.78 is 13.8. The number of aromatic carboxylic acids is 1.